The van der Waals surface area contributed by atoms with E-state index in [1.165, 1.54) is 11.3 Å². The van der Waals surface area contributed by atoms with Gasteiger partial charge in [0.1, 0.15) is 5.01 Å². The Morgan fingerprint density at radius 2 is 2.21 bits per heavy atom. The SMILES string of the molecule is CC[C@H](C(N)=O)c1ncc(Cc2ccccc2Cl)s1. The highest BCUT2D eigenvalue weighted by molar-refractivity contribution is 7.11. The molecular formula is C14H15ClN2OS. The van der Waals surface area contributed by atoms with E-state index in [-0.39, 0.29) is 11.8 Å². The first kappa shape index (κ1) is 14.0. The first-order chi connectivity index (χ1) is 9.11. The van der Waals surface area contributed by atoms with Gasteiger partial charge < -0.3 is 5.73 Å². The number of nitrogens with zero attached hydrogens (tertiary/aromatic N) is 1. The van der Waals surface area contributed by atoms with Gasteiger partial charge >= 0.3 is 0 Å². The average Bonchev–Trinajstić information content (AvgIpc) is 2.81. The van der Waals surface area contributed by atoms with Crippen molar-refractivity contribution in [1.82, 2.24) is 4.98 Å². The van der Waals surface area contributed by atoms with Gasteiger partial charge in [-0.05, 0) is 18.1 Å². The monoisotopic (exact) mass is 294 g/mol. The zero-order valence-electron chi connectivity index (χ0n) is 10.6. The van der Waals surface area contributed by atoms with Crippen LogP contribution in [0.15, 0.2) is 30.5 Å². The Bertz CT molecular complexity index is 582. The van der Waals surface area contributed by atoms with Crippen molar-refractivity contribution in [3.8, 4) is 0 Å². The average molecular weight is 295 g/mol. The van der Waals surface area contributed by atoms with E-state index in [0.717, 1.165) is 26.9 Å². The molecule has 3 nitrogen and oxygen atoms in total. The van der Waals surface area contributed by atoms with E-state index in [4.69, 9.17) is 17.3 Å². The first-order valence-electron chi connectivity index (χ1n) is 6.09. The topological polar surface area (TPSA) is 56.0 Å². The fourth-order valence-electron chi connectivity index (χ4n) is 1.89. The lowest BCUT2D eigenvalue weighted by atomic mass is 10.1. The van der Waals surface area contributed by atoms with Crippen LogP contribution in [0.25, 0.3) is 0 Å². The number of rotatable bonds is 5. The van der Waals surface area contributed by atoms with Gasteiger partial charge in [0, 0.05) is 22.5 Å². The summed E-state index contributed by atoms with van der Waals surface area (Å²) in [5.41, 5.74) is 6.43. The van der Waals surface area contributed by atoms with Crippen LogP contribution in [0.3, 0.4) is 0 Å². The Kier molecular flexibility index (Phi) is 4.56. The number of halogens is 1. The molecule has 0 fully saturated rings. The number of hydrogen-bond acceptors (Lipinski definition) is 3. The number of carbonyl (C=O) groups excluding carboxylic acids is 1. The fourth-order valence-corrected chi connectivity index (χ4v) is 3.23. The zero-order valence-corrected chi connectivity index (χ0v) is 12.2. The van der Waals surface area contributed by atoms with Crippen LogP contribution in [-0.2, 0) is 11.2 Å². The summed E-state index contributed by atoms with van der Waals surface area (Å²) < 4.78 is 0. The maximum Gasteiger partial charge on any atom is 0.227 e. The molecule has 0 saturated carbocycles. The van der Waals surface area contributed by atoms with Crippen LogP contribution in [-0.4, -0.2) is 10.9 Å². The third-order valence-electron chi connectivity index (χ3n) is 2.94. The van der Waals surface area contributed by atoms with Gasteiger partial charge in [0.15, 0.2) is 0 Å². The van der Waals surface area contributed by atoms with E-state index >= 15 is 0 Å². The van der Waals surface area contributed by atoms with Gasteiger partial charge in [-0.3, -0.25) is 4.79 Å². The summed E-state index contributed by atoms with van der Waals surface area (Å²) in [5, 5.41) is 1.54. The lowest BCUT2D eigenvalue weighted by Crippen LogP contribution is -2.20. The van der Waals surface area contributed by atoms with Crippen LogP contribution in [0.1, 0.15) is 34.7 Å². The highest BCUT2D eigenvalue weighted by Crippen LogP contribution is 2.27. The molecule has 1 heterocycles. The molecule has 0 aliphatic heterocycles. The number of carbonyl (C=O) groups is 1. The molecule has 2 rings (SSSR count). The van der Waals surface area contributed by atoms with Crippen LogP contribution in [0, 0.1) is 0 Å². The second-order valence-corrected chi connectivity index (χ2v) is 5.85. The highest BCUT2D eigenvalue weighted by atomic mass is 35.5. The molecule has 0 aliphatic carbocycles. The maximum absolute atomic E-state index is 11.3. The predicted octanol–water partition coefficient (Wildman–Crippen LogP) is 3.37. The molecule has 0 aliphatic rings. The van der Waals surface area contributed by atoms with Crippen LogP contribution in [0.4, 0.5) is 0 Å². The number of nitrogens with two attached hydrogens (primary N) is 1. The summed E-state index contributed by atoms with van der Waals surface area (Å²) in [6.45, 7) is 1.94. The number of hydrogen-bond donors (Lipinski definition) is 1. The fraction of sp³-hybridized carbons (Fsp3) is 0.286. The third-order valence-corrected chi connectivity index (χ3v) is 4.42. The molecule has 100 valence electrons. The summed E-state index contributed by atoms with van der Waals surface area (Å²) in [6.07, 6.45) is 3.20. The van der Waals surface area contributed by atoms with Gasteiger partial charge in [-0.15, -0.1) is 11.3 Å². The predicted molar refractivity (Wildman–Crippen MR) is 78.6 cm³/mol. The summed E-state index contributed by atoms with van der Waals surface area (Å²) >= 11 is 7.66. The van der Waals surface area contributed by atoms with E-state index in [1.807, 2.05) is 31.2 Å². The standard InChI is InChI=1S/C14H15ClN2OS/c1-2-11(13(16)18)14-17-8-10(19-14)7-9-5-3-4-6-12(9)15/h3-6,8,11H,2,7H2,1H3,(H2,16,18)/t11-/m1/s1. The van der Waals surface area contributed by atoms with Crippen LogP contribution in [0.5, 0.6) is 0 Å². The molecule has 0 saturated heterocycles. The second-order valence-electron chi connectivity index (χ2n) is 4.30. The van der Waals surface area contributed by atoms with E-state index in [1.54, 1.807) is 6.20 Å². The third kappa shape index (κ3) is 3.33. The van der Waals surface area contributed by atoms with E-state index in [2.05, 4.69) is 4.98 Å². The van der Waals surface area contributed by atoms with Gasteiger partial charge in [0.25, 0.3) is 0 Å². The zero-order chi connectivity index (χ0) is 13.8. The second kappa shape index (κ2) is 6.17. The molecule has 5 heteroatoms. The van der Waals surface area contributed by atoms with E-state index in [0.29, 0.717) is 6.42 Å². The molecule has 2 N–H and O–H groups in total. The van der Waals surface area contributed by atoms with Crippen molar-refractivity contribution in [3.05, 3.63) is 50.9 Å². The molecule has 0 unspecified atom stereocenters. The van der Waals surface area contributed by atoms with Crippen molar-refractivity contribution in [1.29, 1.82) is 0 Å². The Balaban J connectivity index is 2.18. The number of amides is 1. The van der Waals surface area contributed by atoms with Crippen molar-refractivity contribution in [3.63, 3.8) is 0 Å². The van der Waals surface area contributed by atoms with Gasteiger partial charge in [-0.2, -0.15) is 0 Å². The number of benzene rings is 1. The normalized spacial score (nSPS) is 12.3. The van der Waals surface area contributed by atoms with Gasteiger partial charge in [0.05, 0.1) is 5.92 Å². The minimum Gasteiger partial charge on any atom is -0.369 e. The summed E-state index contributed by atoms with van der Waals surface area (Å²) in [4.78, 5) is 16.7. The Morgan fingerprint density at radius 1 is 1.47 bits per heavy atom. The molecule has 1 aromatic heterocycles. The molecular weight excluding hydrogens is 280 g/mol. The highest BCUT2D eigenvalue weighted by Gasteiger charge is 2.19. The van der Waals surface area contributed by atoms with Crippen molar-refractivity contribution < 1.29 is 4.79 Å². The van der Waals surface area contributed by atoms with Gasteiger partial charge in [0.2, 0.25) is 5.91 Å². The van der Waals surface area contributed by atoms with Crippen LogP contribution >= 0.6 is 22.9 Å². The minimum absolute atomic E-state index is 0.287. The summed E-state index contributed by atoms with van der Waals surface area (Å²) in [5.74, 6) is -0.605. The molecule has 2 aromatic rings. The number of primary amides is 1. The van der Waals surface area contributed by atoms with Crippen LogP contribution in [0.2, 0.25) is 5.02 Å². The molecule has 19 heavy (non-hydrogen) atoms. The smallest absolute Gasteiger partial charge is 0.227 e. The summed E-state index contributed by atoms with van der Waals surface area (Å²) in [6, 6.07) is 7.73. The molecule has 1 amide bonds. The lowest BCUT2D eigenvalue weighted by molar-refractivity contribution is -0.119. The molecule has 1 aromatic carbocycles. The number of thiazole rings is 1. The Hall–Kier alpha value is -1.39. The summed E-state index contributed by atoms with van der Waals surface area (Å²) in [7, 11) is 0. The molecule has 0 bridgehead atoms. The minimum atomic E-state index is -0.318. The Morgan fingerprint density at radius 3 is 2.84 bits per heavy atom. The number of aromatic nitrogens is 1. The molecule has 1 atom stereocenters. The maximum atomic E-state index is 11.3. The molecule has 0 spiro atoms. The molecule has 0 radical (unpaired) electrons. The van der Waals surface area contributed by atoms with E-state index < -0.39 is 0 Å². The van der Waals surface area contributed by atoms with Crippen molar-refractivity contribution in [2.24, 2.45) is 5.73 Å². The largest absolute Gasteiger partial charge is 0.369 e. The quantitative estimate of drug-likeness (QED) is 0.919. The van der Waals surface area contributed by atoms with Crippen molar-refractivity contribution in [2.75, 3.05) is 0 Å². The van der Waals surface area contributed by atoms with Gasteiger partial charge in [-0.25, -0.2) is 4.98 Å². The lowest BCUT2D eigenvalue weighted by Gasteiger charge is -2.05. The van der Waals surface area contributed by atoms with Crippen LogP contribution < -0.4 is 5.73 Å². The first-order valence-corrected chi connectivity index (χ1v) is 7.28. The van der Waals surface area contributed by atoms with Crippen molar-refractivity contribution >= 4 is 28.8 Å². The van der Waals surface area contributed by atoms with Crippen molar-refractivity contribution in [2.45, 2.75) is 25.7 Å². The van der Waals surface area contributed by atoms with E-state index in [9.17, 15) is 4.79 Å². The van der Waals surface area contributed by atoms with Gasteiger partial charge in [-0.1, -0.05) is 36.7 Å². The Labute approximate surface area is 121 Å².